The van der Waals surface area contributed by atoms with Crippen molar-refractivity contribution in [2.75, 3.05) is 0 Å². The predicted molar refractivity (Wildman–Crippen MR) is 48.9 cm³/mol. The van der Waals surface area contributed by atoms with Crippen LogP contribution in [-0.4, -0.2) is 10.1 Å². The molecule has 0 saturated heterocycles. The molecule has 0 fully saturated rings. The van der Waals surface area contributed by atoms with E-state index in [0.29, 0.717) is 10.4 Å². The summed E-state index contributed by atoms with van der Waals surface area (Å²) in [6.07, 6.45) is 2.66. The van der Waals surface area contributed by atoms with Gasteiger partial charge in [-0.25, -0.2) is 0 Å². The number of aromatic hydroxyl groups is 1. The summed E-state index contributed by atoms with van der Waals surface area (Å²) in [5.41, 5.74) is 2.50. The van der Waals surface area contributed by atoms with Gasteiger partial charge in [-0.1, -0.05) is 0 Å². The molecular weight excluding hydrogens is 192 g/mol. The molecule has 1 aliphatic rings. The van der Waals surface area contributed by atoms with Crippen LogP contribution in [0.1, 0.15) is 23.4 Å². The molecule has 0 aromatic carbocycles. The average molecular weight is 203 g/mol. The molecule has 1 heterocycles. The van der Waals surface area contributed by atoms with Crippen LogP contribution in [0.5, 0.6) is 6.01 Å². The van der Waals surface area contributed by atoms with E-state index < -0.39 is 6.01 Å². The summed E-state index contributed by atoms with van der Waals surface area (Å²) < 4.78 is 0.537. The maximum Gasteiger partial charge on any atom is 0.499 e. The first-order chi connectivity index (χ1) is 5.70. The van der Waals surface area contributed by atoms with Crippen LogP contribution >= 0.6 is 12.4 Å². The van der Waals surface area contributed by atoms with Crippen LogP contribution in [0.15, 0.2) is 0 Å². The van der Waals surface area contributed by atoms with E-state index in [4.69, 9.17) is 5.11 Å². The van der Waals surface area contributed by atoms with Gasteiger partial charge in [-0.2, -0.15) is 4.73 Å². The Bertz CT molecular complexity index is 341. The number of nitrogens with zero attached hydrogens (tertiary/aromatic N) is 2. The molecule has 0 amide bonds. The Morgan fingerprint density at radius 2 is 2.15 bits per heavy atom. The largest absolute Gasteiger partial charge is 0.708 e. The highest BCUT2D eigenvalue weighted by Crippen LogP contribution is 2.21. The van der Waals surface area contributed by atoms with Gasteiger partial charge in [0.1, 0.15) is 5.69 Å². The normalized spacial score (nSPS) is 13.6. The Labute approximate surface area is 82.2 Å². The molecule has 72 valence electrons. The third kappa shape index (κ3) is 1.42. The standard InChI is InChI=1S/C8H10N2O2.ClH/c1-5-6-3-2-4-7(6)10(12)8(11)9-5;/h2-4H2,1H3,(H,9,11);1H. The van der Waals surface area contributed by atoms with E-state index in [9.17, 15) is 5.21 Å². The van der Waals surface area contributed by atoms with Crippen molar-refractivity contribution < 1.29 is 9.84 Å². The highest BCUT2D eigenvalue weighted by molar-refractivity contribution is 5.85. The van der Waals surface area contributed by atoms with Gasteiger partial charge in [0, 0.05) is 18.9 Å². The van der Waals surface area contributed by atoms with Crippen LogP contribution in [0.25, 0.3) is 0 Å². The smallest absolute Gasteiger partial charge is 0.499 e. The van der Waals surface area contributed by atoms with Gasteiger partial charge in [0.15, 0.2) is 5.69 Å². The fourth-order valence-electron chi connectivity index (χ4n) is 1.73. The zero-order valence-corrected chi connectivity index (χ0v) is 8.10. The second kappa shape index (κ2) is 3.38. The van der Waals surface area contributed by atoms with E-state index in [2.05, 4.69) is 4.98 Å². The minimum atomic E-state index is -0.423. The zero-order chi connectivity index (χ0) is 8.72. The predicted octanol–water partition coefficient (Wildman–Crippen LogP) is 0.640. The molecule has 0 radical (unpaired) electrons. The van der Waals surface area contributed by atoms with Gasteiger partial charge in [0.05, 0.1) is 0 Å². The minimum Gasteiger partial charge on any atom is -0.708 e. The number of halogens is 1. The molecule has 1 N–H and O–H groups in total. The van der Waals surface area contributed by atoms with Gasteiger partial charge >= 0.3 is 6.01 Å². The average Bonchev–Trinajstić information content (AvgIpc) is 2.48. The lowest BCUT2D eigenvalue weighted by atomic mass is 10.2. The lowest BCUT2D eigenvalue weighted by Gasteiger charge is -2.07. The third-order valence-electron chi connectivity index (χ3n) is 2.32. The van der Waals surface area contributed by atoms with Crippen molar-refractivity contribution in [1.82, 2.24) is 4.98 Å². The lowest BCUT2D eigenvalue weighted by molar-refractivity contribution is -0.625. The second-order valence-corrected chi connectivity index (χ2v) is 3.07. The van der Waals surface area contributed by atoms with Crippen LogP contribution in [0.2, 0.25) is 0 Å². The van der Waals surface area contributed by atoms with Crippen molar-refractivity contribution in [2.24, 2.45) is 0 Å². The molecule has 0 aliphatic heterocycles. The van der Waals surface area contributed by atoms with Crippen LogP contribution in [0.4, 0.5) is 0 Å². The minimum absolute atomic E-state index is 0. The Hall–Kier alpha value is -1.03. The van der Waals surface area contributed by atoms with Gasteiger partial charge < -0.3 is 10.3 Å². The monoisotopic (exact) mass is 202 g/mol. The summed E-state index contributed by atoms with van der Waals surface area (Å²) in [7, 11) is 0. The number of aryl methyl sites for hydroxylation is 1. The fraction of sp³-hybridized carbons (Fsp3) is 0.500. The third-order valence-corrected chi connectivity index (χ3v) is 2.32. The van der Waals surface area contributed by atoms with Gasteiger partial charge in [0.25, 0.3) is 0 Å². The molecule has 0 spiro atoms. The van der Waals surface area contributed by atoms with E-state index in [-0.39, 0.29) is 12.4 Å². The lowest BCUT2D eigenvalue weighted by Crippen LogP contribution is -2.33. The Morgan fingerprint density at radius 3 is 2.85 bits per heavy atom. The van der Waals surface area contributed by atoms with Crippen molar-refractivity contribution in [3.05, 3.63) is 22.2 Å². The molecule has 0 atom stereocenters. The summed E-state index contributed by atoms with van der Waals surface area (Å²) in [5, 5.41) is 20.3. The molecule has 0 bridgehead atoms. The van der Waals surface area contributed by atoms with Gasteiger partial charge in [-0.05, 0) is 17.8 Å². The van der Waals surface area contributed by atoms with Crippen LogP contribution in [0, 0.1) is 12.1 Å². The van der Waals surface area contributed by atoms with Crippen molar-refractivity contribution >= 4 is 12.4 Å². The molecule has 0 saturated carbocycles. The number of hydrogen-bond acceptors (Lipinski definition) is 3. The Kier molecular flexibility index (Phi) is 2.61. The first kappa shape index (κ1) is 10.1. The summed E-state index contributed by atoms with van der Waals surface area (Å²) in [5.74, 6) is 0. The van der Waals surface area contributed by atoms with Gasteiger partial charge in [-0.15, -0.1) is 12.4 Å². The summed E-state index contributed by atoms with van der Waals surface area (Å²) in [4.78, 5) is 3.75. The summed E-state index contributed by atoms with van der Waals surface area (Å²) in [6.45, 7) is 1.82. The Balaban J connectivity index is 0.000000845. The van der Waals surface area contributed by atoms with Gasteiger partial charge in [0.2, 0.25) is 0 Å². The van der Waals surface area contributed by atoms with Crippen LogP contribution < -0.4 is 4.73 Å². The molecule has 0 unspecified atom stereocenters. The highest BCUT2D eigenvalue weighted by Gasteiger charge is 2.24. The quantitative estimate of drug-likeness (QED) is 0.496. The Morgan fingerprint density at radius 1 is 1.46 bits per heavy atom. The van der Waals surface area contributed by atoms with Crippen LogP contribution in [0.3, 0.4) is 0 Å². The molecule has 4 nitrogen and oxygen atoms in total. The van der Waals surface area contributed by atoms with E-state index in [0.717, 1.165) is 30.5 Å². The molecule has 2 rings (SSSR count). The number of aromatic nitrogens is 2. The van der Waals surface area contributed by atoms with Crippen molar-refractivity contribution in [2.45, 2.75) is 26.2 Å². The maximum atomic E-state index is 11.2. The molecule has 1 aliphatic carbocycles. The summed E-state index contributed by atoms with van der Waals surface area (Å²) in [6, 6.07) is -0.423. The number of rotatable bonds is 0. The van der Waals surface area contributed by atoms with E-state index in [1.807, 2.05) is 6.92 Å². The number of hydrogen-bond donors (Lipinski definition) is 1. The molecule has 1 aromatic heterocycles. The molecule has 5 heteroatoms. The molecular formula is C8H11ClN2O2. The zero-order valence-electron chi connectivity index (χ0n) is 7.28. The molecule has 1 aromatic rings. The van der Waals surface area contributed by atoms with E-state index >= 15 is 0 Å². The second-order valence-electron chi connectivity index (χ2n) is 3.07. The number of fused-ring (bicyclic) bond motifs is 1. The van der Waals surface area contributed by atoms with Gasteiger partial charge in [-0.3, -0.25) is 0 Å². The summed E-state index contributed by atoms with van der Waals surface area (Å²) >= 11 is 0. The van der Waals surface area contributed by atoms with E-state index in [1.165, 1.54) is 0 Å². The van der Waals surface area contributed by atoms with Crippen molar-refractivity contribution in [3.63, 3.8) is 0 Å². The van der Waals surface area contributed by atoms with E-state index in [1.54, 1.807) is 0 Å². The maximum absolute atomic E-state index is 11.2. The highest BCUT2D eigenvalue weighted by atomic mass is 35.5. The SMILES string of the molecule is Cc1nc(O)[n+]([O-])c2c1CCC2.Cl. The fourth-order valence-corrected chi connectivity index (χ4v) is 1.73. The molecule has 13 heavy (non-hydrogen) atoms. The van der Waals surface area contributed by atoms with Crippen molar-refractivity contribution in [3.8, 4) is 6.01 Å². The topological polar surface area (TPSA) is 60.1 Å². The first-order valence-electron chi connectivity index (χ1n) is 4.01. The van der Waals surface area contributed by atoms with Crippen LogP contribution in [-0.2, 0) is 12.8 Å². The van der Waals surface area contributed by atoms with Crippen molar-refractivity contribution in [1.29, 1.82) is 0 Å². The first-order valence-corrected chi connectivity index (χ1v) is 4.01.